The maximum absolute atomic E-state index is 12.8. The predicted molar refractivity (Wildman–Crippen MR) is 104 cm³/mol. The largest absolute Gasteiger partial charge is 0.463 e. The van der Waals surface area contributed by atoms with E-state index in [1.54, 1.807) is 26.0 Å². The third-order valence-corrected chi connectivity index (χ3v) is 4.75. The topological polar surface area (TPSA) is 99.3 Å². The molecule has 3 aromatic rings. The van der Waals surface area contributed by atoms with Crippen molar-refractivity contribution in [3.63, 3.8) is 0 Å². The normalized spacial score (nSPS) is 15.9. The van der Waals surface area contributed by atoms with Gasteiger partial charge in [-0.05, 0) is 43.7 Å². The Labute approximate surface area is 160 Å². The van der Waals surface area contributed by atoms with Crippen molar-refractivity contribution < 1.29 is 14.5 Å². The van der Waals surface area contributed by atoms with Crippen LogP contribution in [0.3, 0.4) is 0 Å². The Morgan fingerprint density at radius 1 is 1.25 bits per heavy atom. The fourth-order valence-electron chi connectivity index (χ4n) is 3.53. The molecule has 1 aliphatic heterocycles. The van der Waals surface area contributed by atoms with Gasteiger partial charge in [0.15, 0.2) is 0 Å². The average molecular weight is 378 g/mol. The third-order valence-electron chi connectivity index (χ3n) is 4.75. The number of hydrogen-bond donors (Lipinski definition) is 1. The van der Waals surface area contributed by atoms with Crippen LogP contribution in [0, 0.1) is 10.1 Å². The summed E-state index contributed by atoms with van der Waals surface area (Å²) >= 11 is 0. The minimum atomic E-state index is -0.511. The summed E-state index contributed by atoms with van der Waals surface area (Å²) in [6, 6.07) is 13.3. The number of carbonyl (C=O) groups excluding carboxylic acids is 1. The first kappa shape index (κ1) is 17.7. The van der Waals surface area contributed by atoms with Crippen molar-refractivity contribution >= 4 is 28.6 Å². The number of nitrogens with one attached hydrogen (secondary N) is 1. The number of para-hydroxylation sites is 2. The van der Waals surface area contributed by atoms with Crippen molar-refractivity contribution in [2.75, 3.05) is 11.9 Å². The van der Waals surface area contributed by atoms with Crippen LogP contribution in [0.4, 0.5) is 11.6 Å². The second-order valence-electron chi connectivity index (χ2n) is 6.43. The summed E-state index contributed by atoms with van der Waals surface area (Å²) in [6.45, 7) is 3.80. The van der Waals surface area contributed by atoms with Gasteiger partial charge in [-0.25, -0.2) is 9.78 Å². The highest BCUT2D eigenvalue weighted by Gasteiger charge is 2.35. The third kappa shape index (κ3) is 2.79. The Bertz CT molecular complexity index is 1110. The van der Waals surface area contributed by atoms with Gasteiger partial charge < -0.3 is 10.1 Å². The number of fused-ring (bicyclic) bond motifs is 3. The van der Waals surface area contributed by atoms with Crippen molar-refractivity contribution in [3.05, 3.63) is 75.5 Å². The lowest BCUT2D eigenvalue weighted by Crippen LogP contribution is -2.29. The number of non-ortho nitro benzene ring substituents is 1. The van der Waals surface area contributed by atoms with Crippen LogP contribution in [0.15, 0.2) is 59.8 Å². The molecule has 8 heteroatoms. The quantitative estimate of drug-likeness (QED) is 0.421. The van der Waals surface area contributed by atoms with Crippen LogP contribution < -0.4 is 5.32 Å². The second kappa shape index (κ2) is 6.80. The van der Waals surface area contributed by atoms with E-state index < -0.39 is 16.9 Å². The molecule has 28 heavy (non-hydrogen) atoms. The van der Waals surface area contributed by atoms with Gasteiger partial charge in [-0.3, -0.25) is 14.7 Å². The highest BCUT2D eigenvalue weighted by atomic mass is 16.6. The van der Waals surface area contributed by atoms with Crippen LogP contribution >= 0.6 is 0 Å². The molecular weight excluding hydrogens is 360 g/mol. The minimum Gasteiger partial charge on any atom is -0.463 e. The fourth-order valence-corrected chi connectivity index (χ4v) is 3.53. The zero-order valence-corrected chi connectivity index (χ0v) is 15.4. The predicted octanol–water partition coefficient (Wildman–Crippen LogP) is 3.80. The van der Waals surface area contributed by atoms with Crippen LogP contribution in [-0.2, 0) is 9.53 Å². The number of esters is 1. The number of ether oxygens (including phenoxy) is 1. The maximum atomic E-state index is 12.8. The molecule has 0 radical (unpaired) electrons. The van der Waals surface area contributed by atoms with Crippen molar-refractivity contribution in [3.8, 4) is 0 Å². The van der Waals surface area contributed by atoms with Gasteiger partial charge in [0.2, 0.25) is 5.95 Å². The number of hydrogen-bond acceptors (Lipinski definition) is 6. The number of carbonyl (C=O) groups is 1. The number of rotatable bonds is 4. The molecule has 0 saturated carbocycles. The highest BCUT2D eigenvalue weighted by molar-refractivity contribution is 5.94. The molecule has 2 heterocycles. The summed E-state index contributed by atoms with van der Waals surface area (Å²) in [5, 5.41) is 14.2. The number of benzene rings is 2. The monoisotopic (exact) mass is 378 g/mol. The van der Waals surface area contributed by atoms with Crippen LogP contribution in [0.2, 0.25) is 0 Å². The van der Waals surface area contributed by atoms with Crippen LogP contribution in [-0.4, -0.2) is 27.1 Å². The summed E-state index contributed by atoms with van der Waals surface area (Å²) in [7, 11) is 0. The van der Waals surface area contributed by atoms with E-state index in [4.69, 9.17) is 4.74 Å². The maximum Gasteiger partial charge on any atom is 0.338 e. The molecule has 1 atom stereocenters. The van der Waals surface area contributed by atoms with E-state index >= 15 is 0 Å². The van der Waals surface area contributed by atoms with Gasteiger partial charge in [-0.15, -0.1) is 0 Å². The van der Waals surface area contributed by atoms with E-state index in [0.717, 1.165) is 16.6 Å². The molecule has 0 fully saturated rings. The van der Waals surface area contributed by atoms with E-state index in [9.17, 15) is 14.9 Å². The summed E-state index contributed by atoms with van der Waals surface area (Å²) < 4.78 is 7.22. The molecule has 1 aromatic heterocycles. The number of anilines is 1. The lowest BCUT2D eigenvalue weighted by Gasteiger charge is -2.30. The number of imidazole rings is 1. The smallest absolute Gasteiger partial charge is 0.338 e. The molecule has 0 aliphatic carbocycles. The summed E-state index contributed by atoms with van der Waals surface area (Å²) in [5.41, 5.74) is 3.46. The molecule has 0 amide bonds. The average Bonchev–Trinajstić information content (AvgIpc) is 3.05. The zero-order chi connectivity index (χ0) is 19.8. The first-order valence-corrected chi connectivity index (χ1v) is 8.87. The van der Waals surface area contributed by atoms with Gasteiger partial charge in [0.05, 0.1) is 34.2 Å². The fraction of sp³-hybridized carbons (Fsp3) is 0.200. The van der Waals surface area contributed by atoms with Gasteiger partial charge >= 0.3 is 5.97 Å². The number of nitro benzene ring substituents is 1. The number of nitro groups is 1. The molecule has 142 valence electrons. The van der Waals surface area contributed by atoms with Crippen molar-refractivity contribution in [1.82, 2.24) is 9.55 Å². The van der Waals surface area contributed by atoms with E-state index in [-0.39, 0.29) is 12.3 Å². The van der Waals surface area contributed by atoms with Crippen molar-refractivity contribution in [2.45, 2.75) is 19.9 Å². The first-order chi connectivity index (χ1) is 13.5. The number of nitrogens with zero attached hydrogens (tertiary/aromatic N) is 3. The molecule has 0 bridgehead atoms. The van der Waals surface area contributed by atoms with E-state index in [1.165, 1.54) is 12.1 Å². The zero-order valence-electron chi connectivity index (χ0n) is 15.4. The Hall–Kier alpha value is -3.68. The molecule has 4 rings (SSSR count). The molecule has 1 aliphatic rings. The number of allylic oxidation sites excluding steroid dienone is 1. The van der Waals surface area contributed by atoms with Gasteiger partial charge in [0.25, 0.3) is 5.69 Å². The standard InChI is InChI=1S/C20H18N4O4/c1-3-28-19(25)17-12(2)21-20-22-15-6-4-5-7-16(15)23(20)18(17)13-8-10-14(11-9-13)24(26)27/h4-11,18H,3H2,1-2H3,(H,21,22)/t18-/m0/s1. The molecule has 2 aromatic carbocycles. The SMILES string of the molecule is CCOC(=O)C1=C(C)Nc2nc3ccccc3n2[C@H]1c1ccc([N+](=O)[O-])cc1. The van der Waals surface area contributed by atoms with Crippen LogP contribution in [0.25, 0.3) is 11.0 Å². The molecular formula is C20H18N4O4. The van der Waals surface area contributed by atoms with Crippen LogP contribution in [0.1, 0.15) is 25.5 Å². The second-order valence-corrected chi connectivity index (χ2v) is 6.43. The molecule has 1 N–H and O–H groups in total. The Balaban J connectivity index is 1.94. The number of aromatic nitrogens is 2. The van der Waals surface area contributed by atoms with Gasteiger partial charge in [-0.2, -0.15) is 0 Å². The summed E-state index contributed by atoms with van der Waals surface area (Å²) in [5.74, 6) is 0.175. The molecule has 8 nitrogen and oxygen atoms in total. The van der Waals surface area contributed by atoms with Crippen LogP contribution in [0.5, 0.6) is 0 Å². The Morgan fingerprint density at radius 2 is 1.96 bits per heavy atom. The highest BCUT2D eigenvalue weighted by Crippen LogP contribution is 2.39. The lowest BCUT2D eigenvalue weighted by atomic mass is 9.95. The van der Waals surface area contributed by atoms with E-state index in [2.05, 4.69) is 10.3 Å². The van der Waals surface area contributed by atoms with E-state index in [1.807, 2.05) is 28.8 Å². The Kier molecular flexibility index (Phi) is 4.31. The van der Waals surface area contributed by atoms with Crippen molar-refractivity contribution in [2.24, 2.45) is 0 Å². The molecule has 0 saturated heterocycles. The molecule has 0 spiro atoms. The minimum absolute atomic E-state index is 0.00761. The van der Waals surface area contributed by atoms with Gasteiger partial charge in [0, 0.05) is 17.8 Å². The summed E-state index contributed by atoms with van der Waals surface area (Å²) in [6.07, 6.45) is 0. The van der Waals surface area contributed by atoms with Crippen molar-refractivity contribution in [1.29, 1.82) is 0 Å². The Morgan fingerprint density at radius 3 is 2.64 bits per heavy atom. The van der Waals surface area contributed by atoms with E-state index in [0.29, 0.717) is 17.2 Å². The van der Waals surface area contributed by atoms with Gasteiger partial charge in [0.1, 0.15) is 0 Å². The van der Waals surface area contributed by atoms with Gasteiger partial charge in [-0.1, -0.05) is 12.1 Å². The lowest BCUT2D eigenvalue weighted by molar-refractivity contribution is -0.384. The summed E-state index contributed by atoms with van der Waals surface area (Å²) in [4.78, 5) is 28.0. The molecule has 0 unspecified atom stereocenters. The first-order valence-electron chi connectivity index (χ1n) is 8.87.